The van der Waals surface area contributed by atoms with Crippen molar-refractivity contribution in [1.29, 1.82) is 0 Å². The van der Waals surface area contributed by atoms with Crippen LogP contribution in [-0.2, 0) is 0 Å². The first-order chi connectivity index (χ1) is 4.55. The van der Waals surface area contributed by atoms with Gasteiger partial charge in [-0.05, 0) is 0 Å². The Morgan fingerprint density at radius 3 is 2.50 bits per heavy atom. The average Bonchev–Trinajstić information content (AvgIpc) is 1.84. The predicted octanol–water partition coefficient (Wildman–Crippen LogP) is 0.188. The summed E-state index contributed by atoms with van der Waals surface area (Å²) >= 11 is 0. The van der Waals surface area contributed by atoms with Crippen molar-refractivity contribution < 1.29 is 8.78 Å². The molecule has 0 saturated carbocycles. The Morgan fingerprint density at radius 1 is 1.50 bits per heavy atom. The van der Waals surface area contributed by atoms with Gasteiger partial charge in [0.2, 0.25) is 0 Å². The standard InChI is InChI=1S/C6H12F2N2/c1-4-2-10-3-5(9)6(4,7)8/h4-5,10H,2-3,9H2,1H3/t4-,5+/m0/s1. The number of alkyl halides is 2. The molecule has 0 spiro atoms. The van der Waals surface area contributed by atoms with Crippen molar-refractivity contribution in [1.82, 2.24) is 5.32 Å². The second-order valence-electron chi connectivity index (χ2n) is 2.84. The Bertz CT molecular complexity index is 115. The molecule has 0 bridgehead atoms. The van der Waals surface area contributed by atoms with Gasteiger partial charge in [-0.3, -0.25) is 0 Å². The van der Waals surface area contributed by atoms with Crippen molar-refractivity contribution in [3.63, 3.8) is 0 Å². The van der Waals surface area contributed by atoms with Crippen LogP contribution >= 0.6 is 0 Å². The van der Waals surface area contributed by atoms with Crippen LogP contribution in [0, 0.1) is 5.92 Å². The second kappa shape index (κ2) is 2.43. The van der Waals surface area contributed by atoms with Crippen molar-refractivity contribution in [3.05, 3.63) is 0 Å². The third kappa shape index (κ3) is 1.13. The minimum atomic E-state index is -2.69. The number of hydrogen-bond acceptors (Lipinski definition) is 2. The second-order valence-corrected chi connectivity index (χ2v) is 2.84. The van der Waals surface area contributed by atoms with Gasteiger partial charge in [-0.2, -0.15) is 0 Å². The van der Waals surface area contributed by atoms with Gasteiger partial charge in [0.25, 0.3) is 5.92 Å². The van der Waals surface area contributed by atoms with Gasteiger partial charge in [0.1, 0.15) is 0 Å². The lowest BCUT2D eigenvalue weighted by Crippen LogP contribution is -2.58. The van der Waals surface area contributed by atoms with Crippen molar-refractivity contribution in [2.75, 3.05) is 13.1 Å². The zero-order valence-electron chi connectivity index (χ0n) is 5.90. The van der Waals surface area contributed by atoms with Crippen LogP contribution < -0.4 is 11.1 Å². The van der Waals surface area contributed by atoms with E-state index in [9.17, 15) is 8.78 Å². The summed E-state index contributed by atoms with van der Waals surface area (Å²) in [6.07, 6.45) is 0. The van der Waals surface area contributed by atoms with Crippen LogP contribution in [0.4, 0.5) is 8.78 Å². The van der Waals surface area contributed by atoms with Gasteiger partial charge in [-0.25, -0.2) is 8.78 Å². The Balaban J connectivity index is 2.63. The molecule has 1 aliphatic heterocycles. The van der Waals surface area contributed by atoms with Crippen LogP contribution in [0.2, 0.25) is 0 Å². The zero-order chi connectivity index (χ0) is 7.78. The normalized spacial score (nSPS) is 39.6. The number of rotatable bonds is 0. The van der Waals surface area contributed by atoms with Crippen molar-refractivity contribution in [3.8, 4) is 0 Å². The van der Waals surface area contributed by atoms with Crippen molar-refractivity contribution in [2.24, 2.45) is 11.7 Å². The van der Waals surface area contributed by atoms with Crippen LogP contribution in [0.3, 0.4) is 0 Å². The number of halogens is 2. The van der Waals surface area contributed by atoms with Crippen molar-refractivity contribution in [2.45, 2.75) is 18.9 Å². The summed E-state index contributed by atoms with van der Waals surface area (Å²) in [6.45, 7) is 2.09. The number of hydrogen-bond donors (Lipinski definition) is 2. The van der Waals surface area contributed by atoms with Crippen LogP contribution in [-0.4, -0.2) is 25.1 Å². The molecule has 4 heteroatoms. The van der Waals surface area contributed by atoms with E-state index in [4.69, 9.17) is 5.73 Å². The molecule has 0 aliphatic carbocycles. The van der Waals surface area contributed by atoms with Crippen LogP contribution in [0.15, 0.2) is 0 Å². The molecule has 0 radical (unpaired) electrons. The molecular formula is C6H12F2N2. The van der Waals surface area contributed by atoms with E-state index >= 15 is 0 Å². The summed E-state index contributed by atoms with van der Waals surface area (Å²) in [6, 6.07) is -1.02. The van der Waals surface area contributed by atoms with Gasteiger partial charge in [0.05, 0.1) is 6.04 Å². The highest BCUT2D eigenvalue weighted by molar-refractivity contribution is 4.91. The van der Waals surface area contributed by atoms with Crippen LogP contribution in [0.5, 0.6) is 0 Å². The van der Waals surface area contributed by atoms with Gasteiger partial charge in [0.15, 0.2) is 0 Å². The Kier molecular flexibility index (Phi) is 1.92. The maximum atomic E-state index is 12.8. The SMILES string of the molecule is C[C@H]1CNC[C@@H](N)C1(F)F. The smallest absolute Gasteiger partial charge is 0.267 e. The molecular weight excluding hydrogens is 138 g/mol. The van der Waals surface area contributed by atoms with E-state index in [1.54, 1.807) is 0 Å². The fourth-order valence-corrected chi connectivity index (χ4v) is 1.09. The summed E-state index contributed by atoms with van der Waals surface area (Å²) < 4.78 is 25.7. The average molecular weight is 150 g/mol. The topological polar surface area (TPSA) is 38.0 Å². The van der Waals surface area contributed by atoms with E-state index in [0.717, 1.165) is 0 Å². The fourth-order valence-electron chi connectivity index (χ4n) is 1.09. The number of nitrogens with one attached hydrogen (secondary N) is 1. The highest BCUT2D eigenvalue weighted by atomic mass is 19.3. The lowest BCUT2D eigenvalue weighted by atomic mass is 9.93. The molecule has 1 heterocycles. The maximum Gasteiger partial charge on any atom is 0.267 e. The first-order valence-corrected chi connectivity index (χ1v) is 3.39. The molecule has 1 saturated heterocycles. The molecule has 1 aliphatic rings. The van der Waals surface area contributed by atoms with E-state index in [-0.39, 0.29) is 6.54 Å². The van der Waals surface area contributed by atoms with Gasteiger partial charge < -0.3 is 11.1 Å². The summed E-state index contributed by atoms with van der Waals surface area (Å²) in [5.41, 5.74) is 5.19. The van der Waals surface area contributed by atoms with Crippen LogP contribution in [0.1, 0.15) is 6.92 Å². The minimum absolute atomic E-state index is 0.220. The van der Waals surface area contributed by atoms with E-state index < -0.39 is 17.9 Å². The van der Waals surface area contributed by atoms with Gasteiger partial charge in [-0.1, -0.05) is 6.92 Å². The van der Waals surface area contributed by atoms with E-state index in [2.05, 4.69) is 5.32 Å². The fraction of sp³-hybridized carbons (Fsp3) is 1.00. The summed E-state index contributed by atoms with van der Waals surface area (Å²) in [7, 11) is 0. The maximum absolute atomic E-state index is 12.8. The van der Waals surface area contributed by atoms with E-state index in [1.165, 1.54) is 6.92 Å². The third-order valence-electron chi connectivity index (χ3n) is 1.97. The molecule has 0 aromatic heterocycles. The quantitative estimate of drug-likeness (QED) is 0.517. The molecule has 1 rings (SSSR count). The summed E-state index contributed by atoms with van der Waals surface area (Å²) in [4.78, 5) is 0. The molecule has 0 unspecified atom stereocenters. The Hall–Kier alpha value is -0.220. The van der Waals surface area contributed by atoms with Gasteiger partial charge in [-0.15, -0.1) is 0 Å². The lowest BCUT2D eigenvalue weighted by Gasteiger charge is -2.34. The molecule has 0 amide bonds. The Morgan fingerprint density at radius 2 is 2.10 bits per heavy atom. The summed E-state index contributed by atoms with van der Waals surface area (Å²) in [5, 5.41) is 2.83. The van der Waals surface area contributed by atoms with Crippen molar-refractivity contribution >= 4 is 0 Å². The van der Waals surface area contributed by atoms with Crippen LogP contribution in [0.25, 0.3) is 0 Å². The van der Waals surface area contributed by atoms with E-state index in [0.29, 0.717) is 6.54 Å². The molecule has 0 aromatic rings. The van der Waals surface area contributed by atoms with Gasteiger partial charge in [0, 0.05) is 19.0 Å². The number of piperidine rings is 1. The molecule has 10 heavy (non-hydrogen) atoms. The minimum Gasteiger partial charge on any atom is -0.322 e. The molecule has 2 nitrogen and oxygen atoms in total. The monoisotopic (exact) mass is 150 g/mol. The highest BCUT2D eigenvalue weighted by Gasteiger charge is 2.44. The number of nitrogens with two attached hydrogens (primary N) is 1. The van der Waals surface area contributed by atoms with E-state index in [1.807, 2.05) is 0 Å². The molecule has 60 valence electrons. The molecule has 3 N–H and O–H groups in total. The zero-order valence-corrected chi connectivity index (χ0v) is 5.90. The highest BCUT2D eigenvalue weighted by Crippen LogP contribution is 2.28. The molecule has 1 fully saturated rings. The first-order valence-electron chi connectivity index (χ1n) is 3.39. The van der Waals surface area contributed by atoms with Gasteiger partial charge >= 0.3 is 0 Å². The molecule has 2 atom stereocenters. The lowest BCUT2D eigenvalue weighted by molar-refractivity contribution is -0.0865. The third-order valence-corrected chi connectivity index (χ3v) is 1.97. The first kappa shape index (κ1) is 7.88. The Labute approximate surface area is 58.8 Å². The predicted molar refractivity (Wildman–Crippen MR) is 35.0 cm³/mol. The largest absolute Gasteiger partial charge is 0.322 e. The molecule has 0 aromatic carbocycles. The summed E-state index contributed by atoms with van der Waals surface area (Å²) in [5.74, 6) is -3.33.